The Bertz CT molecular complexity index is 236. The van der Waals surface area contributed by atoms with E-state index in [0.29, 0.717) is 6.04 Å². The van der Waals surface area contributed by atoms with E-state index in [-0.39, 0.29) is 0 Å². The zero-order valence-corrected chi connectivity index (χ0v) is 10.4. The zero-order valence-electron chi connectivity index (χ0n) is 10.4. The molecule has 0 aliphatic heterocycles. The molecule has 0 amide bonds. The summed E-state index contributed by atoms with van der Waals surface area (Å²) in [6, 6.07) is 0.662. The molecule has 2 aliphatic rings. The molecule has 0 aromatic carbocycles. The second-order valence-corrected chi connectivity index (χ2v) is 5.33. The number of aliphatic imine (C=N–C) groups is 1. The molecular weight excluding hydrogens is 194 g/mol. The lowest BCUT2D eigenvalue weighted by Crippen LogP contribution is -2.12. The number of hydrogen-bond acceptors (Lipinski definition) is 1. The van der Waals surface area contributed by atoms with Gasteiger partial charge in [-0.15, -0.1) is 0 Å². The molecule has 90 valence electrons. The maximum absolute atomic E-state index is 4.83. The molecule has 1 unspecified atom stereocenters. The molecule has 0 heterocycles. The minimum absolute atomic E-state index is 0.662. The predicted octanol–water partition coefficient (Wildman–Crippen LogP) is 4.53. The van der Waals surface area contributed by atoms with Gasteiger partial charge in [-0.05, 0) is 50.9 Å². The van der Waals surface area contributed by atoms with E-state index in [4.69, 9.17) is 4.99 Å². The van der Waals surface area contributed by atoms with Crippen LogP contribution >= 0.6 is 0 Å². The molecule has 0 bridgehead atoms. The van der Waals surface area contributed by atoms with Crippen LogP contribution in [0.25, 0.3) is 0 Å². The zero-order chi connectivity index (χ0) is 11.1. The van der Waals surface area contributed by atoms with Crippen LogP contribution in [0, 0.1) is 5.92 Å². The lowest BCUT2D eigenvalue weighted by atomic mass is 9.94. The second-order valence-electron chi connectivity index (χ2n) is 5.33. The van der Waals surface area contributed by atoms with Crippen LogP contribution in [0.15, 0.2) is 17.1 Å². The Hall–Kier alpha value is -0.590. The maximum Gasteiger partial charge on any atom is 0.0495 e. The fourth-order valence-electron chi connectivity index (χ4n) is 2.81. The van der Waals surface area contributed by atoms with E-state index in [1.807, 2.05) is 0 Å². The monoisotopic (exact) mass is 219 g/mol. The van der Waals surface area contributed by atoms with Crippen LogP contribution in [0.4, 0.5) is 0 Å². The summed E-state index contributed by atoms with van der Waals surface area (Å²) >= 11 is 0. The summed E-state index contributed by atoms with van der Waals surface area (Å²) in [5.74, 6) is 0.756. The van der Waals surface area contributed by atoms with Gasteiger partial charge in [-0.2, -0.15) is 0 Å². The Morgan fingerprint density at radius 1 is 0.812 bits per heavy atom. The van der Waals surface area contributed by atoms with Crippen LogP contribution < -0.4 is 0 Å². The maximum atomic E-state index is 4.83. The quantitative estimate of drug-likeness (QED) is 0.478. The van der Waals surface area contributed by atoms with Crippen molar-refractivity contribution in [2.45, 2.75) is 70.3 Å². The Balaban J connectivity index is 1.77. The van der Waals surface area contributed by atoms with E-state index >= 15 is 0 Å². The fraction of sp³-hybridized carbons (Fsp3) is 0.800. The van der Waals surface area contributed by atoms with Crippen molar-refractivity contribution in [2.75, 3.05) is 0 Å². The molecule has 16 heavy (non-hydrogen) atoms. The van der Waals surface area contributed by atoms with Gasteiger partial charge in [0.15, 0.2) is 0 Å². The van der Waals surface area contributed by atoms with Crippen LogP contribution in [0.1, 0.15) is 64.2 Å². The Morgan fingerprint density at radius 3 is 2.50 bits per heavy atom. The van der Waals surface area contributed by atoms with Gasteiger partial charge in [-0.25, -0.2) is 0 Å². The van der Waals surface area contributed by atoms with Gasteiger partial charge in [-0.1, -0.05) is 31.4 Å². The molecule has 1 nitrogen and oxygen atoms in total. The normalized spacial score (nSPS) is 31.1. The smallest absolute Gasteiger partial charge is 0.0495 e. The summed E-state index contributed by atoms with van der Waals surface area (Å²) in [6.07, 6.45) is 20.4. The Kier molecular flexibility index (Phi) is 5.11. The first-order chi connectivity index (χ1) is 7.95. The largest absolute Gasteiger partial charge is 0.294 e. The third-order valence-electron chi connectivity index (χ3n) is 3.90. The van der Waals surface area contributed by atoms with E-state index in [1.165, 1.54) is 64.2 Å². The summed E-state index contributed by atoms with van der Waals surface area (Å²) in [6.45, 7) is 0. The number of rotatable bonds is 2. The van der Waals surface area contributed by atoms with Crippen LogP contribution in [0.5, 0.6) is 0 Å². The first-order valence-electron chi connectivity index (χ1n) is 7.13. The Labute approximate surface area is 100 Å². The first kappa shape index (κ1) is 11.9. The van der Waals surface area contributed by atoms with Crippen molar-refractivity contribution in [1.82, 2.24) is 0 Å². The minimum atomic E-state index is 0.662. The lowest BCUT2D eigenvalue weighted by Gasteiger charge is -2.19. The van der Waals surface area contributed by atoms with Crippen molar-refractivity contribution in [3.05, 3.63) is 12.2 Å². The molecule has 0 spiro atoms. The van der Waals surface area contributed by atoms with Crippen molar-refractivity contribution < 1.29 is 0 Å². The van der Waals surface area contributed by atoms with Gasteiger partial charge in [0.2, 0.25) is 0 Å². The fourth-order valence-corrected chi connectivity index (χ4v) is 2.81. The van der Waals surface area contributed by atoms with E-state index in [2.05, 4.69) is 18.4 Å². The van der Waals surface area contributed by atoms with Crippen molar-refractivity contribution >= 4 is 6.21 Å². The van der Waals surface area contributed by atoms with Gasteiger partial charge in [-0.3, -0.25) is 4.99 Å². The third-order valence-corrected chi connectivity index (χ3v) is 3.90. The first-order valence-corrected chi connectivity index (χ1v) is 7.13. The minimum Gasteiger partial charge on any atom is -0.294 e. The van der Waals surface area contributed by atoms with Gasteiger partial charge in [0.05, 0.1) is 0 Å². The van der Waals surface area contributed by atoms with E-state index in [1.54, 1.807) is 0 Å². The standard InChI is InChI=1S/C15H25N/c1-2-5-9-14(10-6-3-1)13-16-15-11-7-4-8-12-15/h1-2,13-15H,3-12H2/b2-1-,16-13?. The van der Waals surface area contributed by atoms with Crippen molar-refractivity contribution in [3.63, 3.8) is 0 Å². The number of nitrogens with zero attached hydrogens (tertiary/aromatic N) is 1. The molecule has 0 radical (unpaired) electrons. The topological polar surface area (TPSA) is 12.4 Å². The molecule has 0 aromatic heterocycles. The van der Waals surface area contributed by atoms with Gasteiger partial charge in [0.25, 0.3) is 0 Å². The molecule has 1 heteroatoms. The van der Waals surface area contributed by atoms with Gasteiger partial charge in [0, 0.05) is 12.3 Å². The molecule has 0 N–H and O–H groups in total. The van der Waals surface area contributed by atoms with Gasteiger partial charge >= 0.3 is 0 Å². The van der Waals surface area contributed by atoms with Crippen molar-refractivity contribution in [2.24, 2.45) is 10.9 Å². The molecule has 1 saturated carbocycles. The number of hydrogen-bond donors (Lipinski definition) is 0. The van der Waals surface area contributed by atoms with E-state index < -0.39 is 0 Å². The predicted molar refractivity (Wildman–Crippen MR) is 71.1 cm³/mol. The SMILES string of the molecule is C(=NC1CCCCC1)C1CC/C=C\CCC1. The highest BCUT2D eigenvalue weighted by atomic mass is 14.8. The van der Waals surface area contributed by atoms with Gasteiger partial charge in [0.1, 0.15) is 0 Å². The lowest BCUT2D eigenvalue weighted by molar-refractivity contribution is 0.441. The van der Waals surface area contributed by atoms with E-state index in [9.17, 15) is 0 Å². The molecule has 1 atom stereocenters. The summed E-state index contributed by atoms with van der Waals surface area (Å²) in [7, 11) is 0. The number of allylic oxidation sites excluding steroid dienone is 2. The highest BCUT2D eigenvalue weighted by Gasteiger charge is 2.12. The van der Waals surface area contributed by atoms with Crippen LogP contribution in [0.3, 0.4) is 0 Å². The van der Waals surface area contributed by atoms with Crippen LogP contribution in [0.2, 0.25) is 0 Å². The highest BCUT2D eigenvalue weighted by Crippen LogP contribution is 2.22. The summed E-state index contributed by atoms with van der Waals surface area (Å²) in [5, 5.41) is 0. The second kappa shape index (κ2) is 6.88. The third kappa shape index (κ3) is 4.11. The highest BCUT2D eigenvalue weighted by molar-refractivity contribution is 5.61. The summed E-state index contributed by atoms with van der Waals surface area (Å²) in [4.78, 5) is 4.83. The van der Waals surface area contributed by atoms with Crippen molar-refractivity contribution in [3.8, 4) is 0 Å². The summed E-state index contributed by atoms with van der Waals surface area (Å²) < 4.78 is 0. The Morgan fingerprint density at radius 2 is 1.62 bits per heavy atom. The molecule has 2 aliphatic carbocycles. The molecule has 2 rings (SSSR count). The van der Waals surface area contributed by atoms with Crippen LogP contribution in [-0.4, -0.2) is 12.3 Å². The van der Waals surface area contributed by atoms with Gasteiger partial charge < -0.3 is 0 Å². The van der Waals surface area contributed by atoms with Crippen molar-refractivity contribution in [1.29, 1.82) is 0 Å². The molecular formula is C15H25N. The van der Waals surface area contributed by atoms with Crippen LogP contribution in [-0.2, 0) is 0 Å². The molecule has 1 fully saturated rings. The van der Waals surface area contributed by atoms with E-state index in [0.717, 1.165) is 5.92 Å². The molecule has 0 aromatic rings. The average molecular weight is 219 g/mol. The average Bonchev–Trinajstić information content (AvgIpc) is 2.29. The molecule has 0 saturated heterocycles. The summed E-state index contributed by atoms with van der Waals surface area (Å²) in [5.41, 5.74) is 0.